The number of non-ortho nitro benzene ring substituents is 1. The molecular formula is C13H13FN4O3. The molecule has 1 heterocycles. The van der Waals surface area contributed by atoms with Crippen LogP contribution in [0.3, 0.4) is 0 Å². The number of nitro groups is 1. The normalized spacial score (nSPS) is 10.2. The summed E-state index contributed by atoms with van der Waals surface area (Å²) in [7, 11) is 0. The second-order valence-electron chi connectivity index (χ2n) is 4.13. The predicted molar refractivity (Wildman–Crippen MR) is 73.9 cm³/mol. The van der Waals surface area contributed by atoms with E-state index < -0.39 is 10.7 Å². The van der Waals surface area contributed by atoms with Gasteiger partial charge in [-0.05, 0) is 12.5 Å². The van der Waals surface area contributed by atoms with E-state index in [9.17, 15) is 14.5 Å². The van der Waals surface area contributed by atoms with E-state index in [2.05, 4.69) is 15.3 Å². The average Bonchev–Trinajstić information content (AvgIpc) is 2.48. The molecule has 0 fully saturated rings. The van der Waals surface area contributed by atoms with Gasteiger partial charge in [-0.15, -0.1) is 0 Å². The van der Waals surface area contributed by atoms with Gasteiger partial charge in [0.25, 0.3) is 11.6 Å². The fourth-order valence-electron chi connectivity index (χ4n) is 1.52. The Kier molecular flexibility index (Phi) is 4.60. The molecule has 110 valence electrons. The van der Waals surface area contributed by atoms with Crippen molar-refractivity contribution in [1.29, 1.82) is 0 Å². The Bertz CT molecular complexity index is 651. The number of hydrogen-bond acceptors (Lipinski definition) is 6. The predicted octanol–water partition coefficient (Wildman–Crippen LogP) is 3.14. The maximum atomic E-state index is 13.6. The number of halogens is 1. The van der Waals surface area contributed by atoms with Gasteiger partial charge in [-0.2, -0.15) is 9.37 Å². The van der Waals surface area contributed by atoms with Gasteiger partial charge in [0.1, 0.15) is 5.75 Å². The van der Waals surface area contributed by atoms with E-state index in [4.69, 9.17) is 4.74 Å². The lowest BCUT2D eigenvalue weighted by atomic mass is 10.3. The molecule has 2 aromatic rings. The molecule has 0 aliphatic rings. The number of aromatic nitrogens is 2. The molecule has 0 saturated heterocycles. The first-order valence-electron chi connectivity index (χ1n) is 6.29. The summed E-state index contributed by atoms with van der Waals surface area (Å²) in [6, 6.07) is 5.44. The molecule has 0 bridgehead atoms. The van der Waals surface area contributed by atoms with Gasteiger partial charge in [-0.25, -0.2) is 4.98 Å². The smallest absolute Gasteiger partial charge is 0.273 e. The van der Waals surface area contributed by atoms with Crippen LogP contribution >= 0.6 is 0 Å². The highest BCUT2D eigenvalue weighted by molar-refractivity contribution is 5.40. The van der Waals surface area contributed by atoms with Gasteiger partial charge in [0.2, 0.25) is 11.8 Å². The molecule has 0 aliphatic carbocycles. The standard InChI is InChI=1S/C13H13FN4O3/c1-2-6-15-13-16-8-11(14)12(17-13)21-10-5-3-4-9(7-10)18(19)20/h3-5,7-8H,2,6H2,1H3,(H,15,16,17). The average molecular weight is 292 g/mol. The number of hydrogen-bond donors (Lipinski definition) is 1. The molecule has 1 aromatic carbocycles. The molecule has 0 atom stereocenters. The highest BCUT2D eigenvalue weighted by Crippen LogP contribution is 2.26. The van der Waals surface area contributed by atoms with E-state index >= 15 is 0 Å². The topological polar surface area (TPSA) is 90.2 Å². The zero-order valence-corrected chi connectivity index (χ0v) is 11.2. The highest BCUT2D eigenvalue weighted by Gasteiger charge is 2.12. The fourth-order valence-corrected chi connectivity index (χ4v) is 1.52. The summed E-state index contributed by atoms with van der Waals surface area (Å²) < 4.78 is 18.9. The van der Waals surface area contributed by atoms with Gasteiger partial charge in [-0.1, -0.05) is 13.0 Å². The van der Waals surface area contributed by atoms with Gasteiger partial charge >= 0.3 is 0 Å². The summed E-state index contributed by atoms with van der Waals surface area (Å²) in [6.45, 7) is 2.61. The molecular weight excluding hydrogens is 279 g/mol. The van der Waals surface area contributed by atoms with E-state index in [1.807, 2.05) is 6.92 Å². The molecule has 8 heteroatoms. The van der Waals surface area contributed by atoms with E-state index in [1.54, 1.807) is 0 Å². The summed E-state index contributed by atoms with van der Waals surface area (Å²) in [5.41, 5.74) is -0.147. The fraction of sp³-hybridized carbons (Fsp3) is 0.231. The van der Waals surface area contributed by atoms with Crippen LogP contribution in [0.5, 0.6) is 11.6 Å². The minimum absolute atomic E-state index is 0.128. The zero-order chi connectivity index (χ0) is 15.2. The molecule has 0 amide bonds. The Morgan fingerprint density at radius 2 is 2.29 bits per heavy atom. The van der Waals surface area contributed by atoms with Gasteiger partial charge in [0.05, 0.1) is 17.2 Å². The second-order valence-corrected chi connectivity index (χ2v) is 4.13. The number of benzene rings is 1. The number of rotatable bonds is 6. The number of nitrogens with zero attached hydrogens (tertiary/aromatic N) is 3. The maximum Gasteiger partial charge on any atom is 0.273 e. The van der Waals surface area contributed by atoms with Crippen molar-refractivity contribution < 1.29 is 14.1 Å². The summed E-state index contributed by atoms with van der Waals surface area (Å²) in [5, 5.41) is 13.6. The lowest BCUT2D eigenvalue weighted by Gasteiger charge is -2.08. The Morgan fingerprint density at radius 3 is 3.00 bits per heavy atom. The van der Waals surface area contributed by atoms with Crippen molar-refractivity contribution in [2.45, 2.75) is 13.3 Å². The molecule has 7 nitrogen and oxygen atoms in total. The molecule has 0 saturated carbocycles. The summed E-state index contributed by atoms with van der Waals surface area (Å²) in [6.07, 6.45) is 1.85. The van der Waals surface area contributed by atoms with Gasteiger partial charge in [0, 0.05) is 12.6 Å². The number of ether oxygens (including phenoxy) is 1. The van der Waals surface area contributed by atoms with E-state index in [-0.39, 0.29) is 23.3 Å². The van der Waals surface area contributed by atoms with E-state index in [1.165, 1.54) is 24.3 Å². The van der Waals surface area contributed by atoms with Crippen LogP contribution in [0.2, 0.25) is 0 Å². The first-order valence-corrected chi connectivity index (χ1v) is 6.29. The van der Waals surface area contributed by atoms with Crippen molar-refractivity contribution in [1.82, 2.24) is 9.97 Å². The van der Waals surface area contributed by atoms with Crippen LogP contribution in [0.1, 0.15) is 13.3 Å². The lowest BCUT2D eigenvalue weighted by Crippen LogP contribution is -2.05. The maximum absolute atomic E-state index is 13.6. The molecule has 2 rings (SSSR count). The number of anilines is 1. The van der Waals surface area contributed by atoms with Crippen LogP contribution < -0.4 is 10.1 Å². The van der Waals surface area contributed by atoms with E-state index in [0.717, 1.165) is 12.6 Å². The SMILES string of the molecule is CCCNc1ncc(F)c(Oc2cccc([N+](=O)[O-])c2)n1. The van der Waals surface area contributed by atoms with Crippen molar-refractivity contribution in [2.24, 2.45) is 0 Å². The van der Waals surface area contributed by atoms with Crippen LogP contribution in [0.4, 0.5) is 16.0 Å². The van der Waals surface area contributed by atoms with Crippen LogP contribution in [0, 0.1) is 15.9 Å². The minimum Gasteiger partial charge on any atom is -0.436 e. The molecule has 0 radical (unpaired) electrons. The quantitative estimate of drug-likeness (QED) is 0.649. The van der Waals surface area contributed by atoms with Gasteiger partial charge < -0.3 is 10.1 Å². The van der Waals surface area contributed by atoms with Crippen LogP contribution in [-0.4, -0.2) is 21.4 Å². The molecule has 1 N–H and O–H groups in total. The Balaban J connectivity index is 2.22. The van der Waals surface area contributed by atoms with Gasteiger partial charge in [0.15, 0.2) is 0 Å². The van der Waals surface area contributed by atoms with Crippen LogP contribution in [-0.2, 0) is 0 Å². The lowest BCUT2D eigenvalue weighted by molar-refractivity contribution is -0.384. The summed E-state index contributed by atoms with van der Waals surface area (Å²) in [4.78, 5) is 17.8. The van der Waals surface area contributed by atoms with Crippen molar-refractivity contribution in [3.8, 4) is 11.6 Å². The Hall–Kier alpha value is -2.77. The first-order chi connectivity index (χ1) is 10.1. The van der Waals surface area contributed by atoms with E-state index in [0.29, 0.717) is 6.54 Å². The third-order valence-corrected chi connectivity index (χ3v) is 2.49. The number of nitrogens with one attached hydrogen (secondary N) is 1. The summed E-state index contributed by atoms with van der Waals surface area (Å²) in [5.74, 6) is -0.672. The Morgan fingerprint density at radius 1 is 1.48 bits per heavy atom. The third kappa shape index (κ3) is 3.85. The second kappa shape index (κ2) is 6.60. The van der Waals surface area contributed by atoms with Gasteiger partial charge in [-0.3, -0.25) is 10.1 Å². The molecule has 0 aliphatic heterocycles. The highest BCUT2D eigenvalue weighted by atomic mass is 19.1. The largest absolute Gasteiger partial charge is 0.436 e. The van der Waals surface area contributed by atoms with Crippen molar-refractivity contribution in [3.05, 3.63) is 46.4 Å². The van der Waals surface area contributed by atoms with Crippen molar-refractivity contribution in [3.63, 3.8) is 0 Å². The molecule has 1 aromatic heterocycles. The summed E-state index contributed by atoms with van der Waals surface area (Å²) >= 11 is 0. The van der Waals surface area contributed by atoms with Crippen molar-refractivity contribution >= 4 is 11.6 Å². The van der Waals surface area contributed by atoms with Crippen LogP contribution in [0.15, 0.2) is 30.5 Å². The minimum atomic E-state index is -0.747. The monoisotopic (exact) mass is 292 g/mol. The first kappa shape index (κ1) is 14.6. The molecule has 0 spiro atoms. The molecule has 21 heavy (non-hydrogen) atoms. The number of nitro benzene ring substituents is 1. The molecule has 0 unspecified atom stereocenters. The van der Waals surface area contributed by atoms with Crippen LogP contribution in [0.25, 0.3) is 0 Å². The Labute approximate surface area is 120 Å². The van der Waals surface area contributed by atoms with Crippen molar-refractivity contribution in [2.75, 3.05) is 11.9 Å². The third-order valence-electron chi connectivity index (χ3n) is 2.49. The zero-order valence-electron chi connectivity index (χ0n) is 11.2.